The smallest absolute Gasteiger partial charge is 0.307 e. The molecule has 2 N–H and O–H groups in total. The molecule has 4 rings (SSSR count). The van der Waals surface area contributed by atoms with Crippen molar-refractivity contribution in [3.8, 4) is 0 Å². The minimum atomic E-state index is -0.870. The molecule has 0 unspecified atom stereocenters. The Morgan fingerprint density at radius 2 is 1.68 bits per heavy atom. The van der Waals surface area contributed by atoms with Gasteiger partial charge < -0.3 is 10.4 Å². The van der Waals surface area contributed by atoms with Gasteiger partial charge in [-0.05, 0) is 42.4 Å². The second-order valence-corrected chi connectivity index (χ2v) is 6.46. The van der Waals surface area contributed by atoms with Crippen LogP contribution in [-0.2, 0) is 16.1 Å². The van der Waals surface area contributed by atoms with E-state index >= 15 is 0 Å². The molecular formula is C17H18ClNO3. The summed E-state index contributed by atoms with van der Waals surface area (Å²) in [5, 5.41) is 13.0. The van der Waals surface area contributed by atoms with E-state index in [0.717, 1.165) is 18.4 Å². The number of allylic oxidation sites excluding steroid dienone is 2. The Morgan fingerprint density at radius 3 is 2.23 bits per heavy atom. The molecule has 1 fully saturated rings. The maximum atomic E-state index is 12.5. The van der Waals surface area contributed by atoms with Gasteiger partial charge in [0.2, 0.25) is 5.91 Å². The molecule has 0 radical (unpaired) electrons. The quantitative estimate of drug-likeness (QED) is 0.839. The van der Waals surface area contributed by atoms with Crippen molar-refractivity contribution in [2.45, 2.75) is 19.4 Å². The number of hydrogen-bond donors (Lipinski definition) is 2. The fraction of sp³-hybridized carbons (Fsp3) is 0.412. The predicted molar refractivity (Wildman–Crippen MR) is 83.3 cm³/mol. The number of rotatable bonds is 4. The Morgan fingerprint density at radius 1 is 1.09 bits per heavy atom. The van der Waals surface area contributed by atoms with Gasteiger partial charge in [0.1, 0.15) is 0 Å². The molecule has 0 spiro atoms. The average molecular weight is 320 g/mol. The Labute approximate surface area is 134 Å². The maximum absolute atomic E-state index is 12.5. The molecule has 5 heteroatoms. The van der Waals surface area contributed by atoms with Crippen LogP contribution in [0, 0.1) is 23.7 Å². The Bertz CT molecular complexity index is 611. The Kier molecular flexibility index (Phi) is 4.21. The van der Waals surface area contributed by atoms with Crippen molar-refractivity contribution in [1.29, 1.82) is 0 Å². The first-order chi connectivity index (χ1) is 10.6. The summed E-state index contributed by atoms with van der Waals surface area (Å²) in [4.78, 5) is 24.1. The first kappa shape index (κ1) is 15.1. The lowest BCUT2D eigenvalue weighted by Gasteiger charge is -2.41. The van der Waals surface area contributed by atoms with Gasteiger partial charge in [-0.3, -0.25) is 9.59 Å². The molecule has 3 aliphatic carbocycles. The topological polar surface area (TPSA) is 66.4 Å². The number of hydrogen-bond acceptors (Lipinski definition) is 2. The molecule has 3 aliphatic rings. The largest absolute Gasteiger partial charge is 0.481 e. The van der Waals surface area contributed by atoms with Gasteiger partial charge in [0, 0.05) is 11.6 Å². The molecule has 0 aromatic heterocycles. The third-order valence-corrected chi connectivity index (χ3v) is 4.97. The Balaban J connectivity index is 1.69. The van der Waals surface area contributed by atoms with Crippen molar-refractivity contribution in [2.75, 3.05) is 0 Å². The van der Waals surface area contributed by atoms with Crippen LogP contribution in [0.15, 0.2) is 36.4 Å². The van der Waals surface area contributed by atoms with Gasteiger partial charge in [0.25, 0.3) is 0 Å². The Hall–Kier alpha value is -1.81. The number of amides is 1. The van der Waals surface area contributed by atoms with Crippen LogP contribution in [0.1, 0.15) is 18.4 Å². The minimum absolute atomic E-state index is 0.0196. The molecule has 4 nitrogen and oxygen atoms in total. The normalized spacial score (nSPS) is 29.3. The summed E-state index contributed by atoms with van der Waals surface area (Å²) >= 11 is 5.83. The number of nitrogens with one attached hydrogen (secondary N) is 1. The fourth-order valence-corrected chi connectivity index (χ4v) is 3.72. The van der Waals surface area contributed by atoms with E-state index in [4.69, 9.17) is 11.6 Å². The van der Waals surface area contributed by atoms with Crippen LogP contribution in [0.2, 0.25) is 5.02 Å². The minimum Gasteiger partial charge on any atom is -0.481 e. The van der Waals surface area contributed by atoms with Gasteiger partial charge in [-0.1, -0.05) is 35.9 Å². The summed E-state index contributed by atoms with van der Waals surface area (Å²) in [6, 6.07) is 7.25. The number of halogens is 1. The summed E-state index contributed by atoms with van der Waals surface area (Å²) in [5.74, 6) is -2.08. The SMILES string of the molecule is O=C(O)[C@H]1[C@H](C(=O)NCc2ccc(Cl)cc2)[C@H]2C=C[C@H]1CC2. The molecule has 0 heterocycles. The number of carboxylic acids is 1. The van der Waals surface area contributed by atoms with E-state index in [1.54, 1.807) is 12.1 Å². The zero-order chi connectivity index (χ0) is 15.7. The summed E-state index contributed by atoms with van der Waals surface area (Å²) in [7, 11) is 0. The van der Waals surface area contributed by atoms with Gasteiger partial charge in [0.05, 0.1) is 11.8 Å². The van der Waals surface area contributed by atoms with Crippen LogP contribution in [0.25, 0.3) is 0 Å². The zero-order valence-corrected chi connectivity index (χ0v) is 12.8. The average Bonchev–Trinajstić information content (AvgIpc) is 2.54. The monoisotopic (exact) mass is 319 g/mol. The summed E-state index contributed by atoms with van der Waals surface area (Å²) in [6.07, 6.45) is 5.74. The van der Waals surface area contributed by atoms with Crippen molar-refractivity contribution in [2.24, 2.45) is 23.7 Å². The van der Waals surface area contributed by atoms with Crippen LogP contribution in [0.5, 0.6) is 0 Å². The molecule has 1 saturated carbocycles. The highest BCUT2D eigenvalue weighted by Crippen LogP contribution is 2.45. The van der Waals surface area contributed by atoms with Crippen LogP contribution >= 0.6 is 11.6 Å². The molecule has 1 aromatic carbocycles. The van der Waals surface area contributed by atoms with Gasteiger partial charge >= 0.3 is 5.97 Å². The summed E-state index contributed by atoms with van der Waals surface area (Å²) in [5.41, 5.74) is 0.945. The highest BCUT2D eigenvalue weighted by molar-refractivity contribution is 6.30. The second kappa shape index (κ2) is 6.13. The molecule has 22 heavy (non-hydrogen) atoms. The standard InChI is InChI=1S/C17H18ClNO3/c18-13-7-1-10(2-8-13)9-19-16(20)14-11-3-5-12(6-4-11)15(14)17(21)22/h1-3,5,7-8,11-12,14-15H,4,6,9H2,(H,19,20)(H,21,22)/t11-,12-,14+,15+/m0/s1. The van der Waals surface area contributed by atoms with Crippen molar-refractivity contribution in [3.63, 3.8) is 0 Å². The van der Waals surface area contributed by atoms with Crippen LogP contribution in [-0.4, -0.2) is 17.0 Å². The van der Waals surface area contributed by atoms with Gasteiger partial charge in [-0.2, -0.15) is 0 Å². The lowest BCUT2D eigenvalue weighted by atomic mass is 9.62. The number of fused-ring (bicyclic) bond motifs is 2. The van der Waals surface area contributed by atoms with E-state index in [1.807, 2.05) is 24.3 Å². The molecular weight excluding hydrogens is 302 g/mol. The fourth-order valence-electron chi connectivity index (χ4n) is 3.60. The van der Waals surface area contributed by atoms with Crippen molar-refractivity contribution >= 4 is 23.5 Å². The molecule has 4 atom stereocenters. The van der Waals surface area contributed by atoms with Gasteiger partial charge in [-0.15, -0.1) is 0 Å². The maximum Gasteiger partial charge on any atom is 0.307 e. The first-order valence-corrected chi connectivity index (χ1v) is 7.87. The number of benzene rings is 1. The van der Waals surface area contributed by atoms with Crippen LogP contribution in [0.3, 0.4) is 0 Å². The third-order valence-electron chi connectivity index (χ3n) is 4.72. The lowest BCUT2D eigenvalue weighted by molar-refractivity contribution is -0.153. The summed E-state index contributed by atoms with van der Waals surface area (Å²) < 4.78 is 0. The highest BCUT2D eigenvalue weighted by atomic mass is 35.5. The van der Waals surface area contributed by atoms with Crippen molar-refractivity contribution in [1.82, 2.24) is 5.32 Å². The molecule has 0 saturated heterocycles. The molecule has 116 valence electrons. The van der Waals surface area contributed by atoms with Crippen LogP contribution < -0.4 is 5.32 Å². The van der Waals surface area contributed by atoms with E-state index in [1.165, 1.54) is 0 Å². The third kappa shape index (κ3) is 2.88. The number of carbonyl (C=O) groups excluding carboxylic acids is 1. The lowest BCUT2D eigenvalue weighted by Crippen LogP contribution is -2.48. The van der Waals surface area contributed by atoms with E-state index in [2.05, 4.69) is 5.32 Å². The zero-order valence-electron chi connectivity index (χ0n) is 12.0. The molecule has 0 aliphatic heterocycles. The van der Waals surface area contributed by atoms with E-state index in [-0.39, 0.29) is 17.7 Å². The molecule has 1 aromatic rings. The highest BCUT2D eigenvalue weighted by Gasteiger charge is 2.47. The van der Waals surface area contributed by atoms with Gasteiger partial charge in [0.15, 0.2) is 0 Å². The predicted octanol–water partition coefficient (Wildman–Crippen LogP) is 2.87. The molecule has 2 bridgehead atoms. The van der Waals surface area contributed by atoms with E-state index in [0.29, 0.717) is 11.6 Å². The first-order valence-electron chi connectivity index (χ1n) is 7.49. The van der Waals surface area contributed by atoms with E-state index < -0.39 is 17.8 Å². The van der Waals surface area contributed by atoms with Crippen molar-refractivity contribution in [3.05, 3.63) is 47.0 Å². The number of carbonyl (C=O) groups is 2. The second-order valence-electron chi connectivity index (χ2n) is 6.02. The summed E-state index contributed by atoms with van der Waals surface area (Å²) in [6.45, 7) is 0.389. The molecule has 1 amide bonds. The van der Waals surface area contributed by atoms with Crippen molar-refractivity contribution < 1.29 is 14.7 Å². The van der Waals surface area contributed by atoms with Crippen LogP contribution in [0.4, 0.5) is 0 Å². The van der Waals surface area contributed by atoms with E-state index in [9.17, 15) is 14.7 Å². The number of aliphatic carboxylic acids is 1. The number of carboxylic acid groups (broad SMARTS) is 1. The van der Waals surface area contributed by atoms with Gasteiger partial charge in [-0.25, -0.2) is 0 Å².